The Morgan fingerprint density at radius 1 is 1.41 bits per heavy atom. The van der Waals surface area contributed by atoms with Gasteiger partial charge in [-0.3, -0.25) is 4.79 Å². The summed E-state index contributed by atoms with van der Waals surface area (Å²) >= 11 is 1.55. The molecular weight excluding hydrogens is 240 g/mol. The van der Waals surface area contributed by atoms with E-state index in [0.29, 0.717) is 12.2 Å². The lowest BCUT2D eigenvalue weighted by atomic mass is 10.0. The van der Waals surface area contributed by atoms with E-state index < -0.39 is 12.0 Å². The van der Waals surface area contributed by atoms with Gasteiger partial charge in [-0.1, -0.05) is 13.8 Å². The van der Waals surface area contributed by atoms with Crippen molar-refractivity contribution < 1.29 is 14.7 Å². The highest BCUT2D eigenvalue weighted by molar-refractivity contribution is 7.98. The van der Waals surface area contributed by atoms with Crippen LogP contribution in [0.2, 0.25) is 0 Å². The highest BCUT2D eigenvalue weighted by atomic mass is 32.2. The van der Waals surface area contributed by atoms with Crippen LogP contribution in [0.5, 0.6) is 0 Å². The van der Waals surface area contributed by atoms with Crippen molar-refractivity contribution in [3.05, 3.63) is 0 Å². The number of nitrogens with two attached hydrogens (primary N) is 1. The lowest BCUT2D eigenvalue weighted by Gasteiger charge is -2.18. The molecule has 0 aliphatic heterocycles. The van der Waals surface area contributed by atoms with Gasteiger partial charge in [0.25, 0.3) is 0 Å². The Morgan fingerprint density at radius 3 is 2.41 bits per heavy atom. The van der Waals surface area contributed by atoms with Gasteiger partial charge in [0.15, 0.2) is 0 Å². The summed E-state index contributed by atoms with van der Waals surface area (Å²) in [5, 5.41) is 11.4. The number of nitrogens with one attached hydrogen (secondary N) is 1. The van der Waals surface area contributed by atoms with Crippen molar-refractivity contribution in [3.63, 3.8) is 0 Å². The first-order valence-electron chi connectivity index (χ1n) is 5.65. The van der Waals surface area contributed by atoms with Crippen molar-refractivity contribution in [1.82, 2.24) is 5.32 Å². The number of carboxylic acid groups (broad SMARTS) is 1. The van der Waals surface area contributed by atoms with Crippen LogP contribution in [0.15, 0.2) is 0 Å². The minimum atomic E-state index is -0.995. The van der Waals surface area contributed by atoms with E-state index in [1.165, 1.54) is 0 Å². The molecule has 0 rings (SSSR count). The minimum absolute atomic E-state index is 0.167. The normalized spacial score (nSPS) is 14.4. The summed E-state index contributed by atoms with van der Waals surface area (Å²) in [6.45, 7) is 3.86. The van der Waals surface area contributed by atoms with E-state index in [0.717, 1.165) is 0 Å². The van der Waals surface area contributed by atoms with E-state index >= 15 is 0 Å². The molecule has 2 unspecified atom stereocenters. The van der Waals surface area contributed by atoms with E-state index in [4.69, 9.17) is 10.8 Å². The molecule has 0 spiro atoms. The lowest BCUT2D eigenvalue weighted by molar-refractivity contribution is -0.141. The fourth-order valence-electron chi connectivity index (χ4n) is 1.20. The van der Waals surface area contributed by atoms with Gasteiger partial charge in [0.1, 0.15) is 6.04 Å². The topological polar surface area (TPSA) is 92.4 Å². The van der Waals surface area contributed by atoms with Gasteiger partial charge < -0.3 is 16.2 Å². The molecule has 0 aromatic rings. The smallest absolute Gasteiger partial charge is 0.326 e. The van der Waals surface area contributed by atoms with Crippen LogP contribution in [-0.4, -0.2) is 41.1 Å². The van der Waals surface area contributed by atoms with Gasteiger partial charge in [-0.2, -0.15) is 11.8 Å². The first kappa shape index (κ1) is 16.2. The monoisotopic (exact) mass is 262 g/mol. The summed E-state index contributed by atoms with van der Waals surface area (Å²) in [5.41, 5.74) is 5.76. The molecule has 0 heterocycles. The van der Waals surface area contributed by atoms with Crippen LogP contribution >= 0.6 is 11.8 Å². The fraction of sp³-hybridized carbons (Fsp3) is 0.818. The average molecular weight is 262 g/mol. The molecule has 0 aromatic heterocycles. The minimum Gasteiger partial charge on any atom is -0.480 e. The molecular formula is C11H22N2O3S. The summed E-state index contributed by atoms with van der Waals surface area (Å²) in [7, 11) is 0. The number of hydrogen-bond acceptors (Lipinski definition) is 4. The standard InChI is InChI=1S/C11H22N2O3S/c1-7(2)8(12)6-10(14)13-9(11(15)16)4-5-17-3/h7-9H,4-6,12H2,1-3H3,(H,13,14)(H,15,16). The second-order valence-electron chi connectivity index (χ2n) is 4.35. The summed E-state index contributed by atoms with van der Waals surface area (Å²) in [4.78, 5) is 22.5. The van der Waals surface area contributed by atoms with E-state index in [9.17, 15) is 9.59 Å². The molecule has 6 heteroatoms. The molecule has 4 N–H and O–H groups in total. The maximum atomic E-state index is 11.6. The predicted molar refractivity (Wildman–Crippen MR) is 70.0 cm³/mol. The van der Waals surface area contributed by atoms with Crippen LogP contribution in [0.1, 0.15) is 26.7 Å². The van der Waals surface area contributed by atoms with Crippen molar-refractivity contribution in [2.45, 2.75) is 38.8 Å². The Kier molecular flexibility index (Phi) is 7.99. The third-order valence-corrected chi connectivity index (χ3v) is 3.17. The molecule has 0 saturated heterocycles. The second-order valence-corrected chi connectivity index (χ2v) is 5.34. The zero-order valence-corrected chi connectivity index (χ0v) is 11.4. The molecule has 0 radical (unpaired) electrons. The van der Waals surface area contributed by atoms with Gasteiger partial charge in [0.05, 0.1) is 0 Å². The second kappa shape index (κ2) is 8.36. The highest BCUT2D eigenvalue weighted by Gasteiger charge is 2.21. The molecule has 100 valence electrons. The highest BCUT2D eigenvalue weighted by Crippen LogP contribution is 2.05. The first-order chi connectivity index (χ1) is 7.88. The van der Waals surface area contributed by atoms with E-state index in [2.05, 4.69) is 5.32 Å². The van der Waals surface area contributed by atoms with Gasteiger partial charge in [-0.25, -0.2) is 4.79 Å². The third-order valence-electron chi connectivity index (χ3n) is 2.52. The van der Waals surface area contributed by atoms with Crippen LogP contribution < -0.4 is 11.1 Å². The largest absolute Gasteiger partial charge is 0.480 e. The number of rotatable bonds is 8. The molecule has 1 amide bonds. The number of hydrogen-bond donors (Lipinski definition) is 3. The molecule has 2 atom stereocenters. The summed E-state index contributed by atoms with van der Waals surface area (Å²) in [6.07, 6.45) is 2.50. The van der Waals surface area contributed by atoms with E-state index in [1.54, 1.807) is 11.8 Å². The maximum absolute atomic E-state index is 11.6. The predicted octanol–water partition coefficient (Wildman–Crippen LogP) is 0.682. The Morgan fingerprint density at radius 2 is 2.00 bits per heavy atom. The molecule has 0 aliphatic carbocycles. The van der Waals surface area contributed by atoms with Crippen molar-refractivity contribution in [2.75, 3.05) is 12.0 Å². The first-order valence-corrected chi connectivity index (χ1v) is 7.04. The number of carbonyl (C=O) groups is 2. The van der Waals surface area contributed by atoms with Crippen LogP contribution in [0, 0.1) is 5.92 Å². The number of aliphatic carboxylic acids is 1. The molecule has 0 aliphatic rings. The Labute approximate surface area is 107 Å². The van der Waals surface area contributed by atoms with Crippen LogP contribution in [-0.2, 0) is 9.59 Å². The van der Waals surface area contributed by atoms with Crippen LogP contribution in [0.4, 0.5) is 0 Å². The zero-order chi connectivity index (χ0) is 13.4. The number of amides is 1. The Bertz CT molecular complexity index is 259. The van der Waals surface area contributed by atoms with Gasteiger partial charge in [-0.15, -0.1) is 0 Å². The average Bonchev–Trinajstić information content (AvgIpc) is 2.23. The zero-order valence-electron chi connectivity index (χ0n) is 10.6. The van der Waals surface area contributed by atoms with Crippen LogP contribution in [0.25, 0.3) is 0 Å². The Balaban J connectivity index is 4.16. The Hall–Kier alpha value is -0.750. The van der Waals surface area contributed by atoms with Crippen molar-refractivity contribution >= 4 is 23.6 Å². The SMILES string of the molecule is CSCCC(NC(=O)CC(N)C(C)C)C(=O)O. The van der Waals surface area contributed by atoms with Crippen molar-refractivity contribution in [2.24, 2.45) is 11.7 Å². The summed E-state index contributed by atoms with van der Waals surface area (Å²) < 4.78 is 0. The summed E-state index contributed by atoms with van der Waals surface area (Å²) in [5.74, 6) is -0.381. The van der Waals surface area contributed by atoms with E-state index in [-0.39, 0.29) is 24.3 Å². The van der Waals surface area contributed by atoms with Gasteiger partial charge in [0, 0.05) is 12.5 Å². The van der Waals surface area contributed by atoms with Gasteiger partial charge >= 0.3 is 5.97 Å². The number of carboxylic acids is 1. The maximum Gasteiger partial charge on any atom is 0.326 e. The molecule has 0 bridgehead atoms. The molecule has 17 heavy (non-hydrogen) atoms. The quantitative estimate of drug-likeness (QED) is 0.598. The molecule has 0 fully saturated rings. The summed E-state index contributed by atoms with van der Waals surface area (Å²) in [6, 6.07) is -1.04. The van der Waals surface area contributed by atoms with Gasteiger partial charge in [-0.05, 0) is 24.3 Å². The van der Waals surface area contributed by atoms with Crippen molar-refractivity contribution in [3.8, 4) is 0 Å². The van der Waals surface area contributed by atoms with Gasteiger partial charge in [0.2, 0.25) is 5.91 Å². The molecule has 0 aromatic carbocycles. The number of carbonyl (C=O) groups excluding carboxylic acids is 1. The fourth-order valence-corrected chi connectivity index (χ4v) is 1.67. The molecule has 0 saturated carbocycles. The number of thioether (sulfide) groups is 1. The third kappa shape index (κ3) is 7.23. The molecule has 5 nitrogen and oxygen atoms in total. The van der Waals surface area contributed by atoms with E-state index in [1.807, 2.05) is 20.1 Å². The lowest BCUT2D eigenvalue weighted by Crippen LogP contribution is -2.44. The van der Waals surface area contributed by atoms with Crippen molar-refractivity contribution in [1.29, 1.82) is 0 Å². The van der Waals surface area contributed by atoms with Crippen LogP contribution in [0.3, 0.4) is 0 Å².